The first kappa shape index (κ1) is 15.5. The zero-order valence-electron chi connectivity index (χ0n) is 11.9. The molecule has 0 aliphatic heterocycles. The van der Waals surface area contributed by atoms with Crippen LogP contribution in [-0.2, 0) is 0 Å². The highest BCUT2D eigenvalue weighted by Gasteiger charge is 2.10. The third-order valence-electron chi connectivity index (χ3n) is 2.97. The highest BCUT2D eigenvalue weighted by atomic mass is 35.5. The molecule has 0 saturated carbocycles. The summed E-state index contributed by atoms with van der Waals surface area (Å²) in [6, 6.07) is 9.63. The van der Waals surface area contributed by atoms with Gasteiger partial charge in [0.2, 0.25) is 0 Å². The third-order valence-corrected chi connectivity index (χ3v) is 3.27. The average molecular weight is 307 g/mol. The number of benzene rings is 2. The van der Waals surface area contributed by atoms with Gasteiger partial charge in [0.15, 0.2) is 6.29 Å². The molecule has 2 nitrogen and oxygen atoms in total. The minimum atomic E-state index is -0.514. The second-order valence-electron chi connectivity index (χ2n) is 5.20. The van der Waals surface area contributed by atoms with Crippen molar-refractivity contribution in [2.45, 2.75) is 13.8 Å². The summed E-state index contributed by atoms with van der Waals surface area (Å²) in [6.07, 6.45) is 0.744. The second-order valence-corrected chi connectivity index (χ2v) is 5.61. The molecule has 2 aromatic rings. The van der Waals surface area contributed by atoms with Gasteiger partial charge in [-0.25, -0.2) is 4.39 Å². The summed E-state index contributed by atoms with van der Waals surface area (Å²) in [4.78, 5) is 11.2. The Hall–Kier alpha value is -1.87. The standard InChI is InChI=1S/C17H16ClFO2/c1-11(2)10-21-14-5-3-13(9-20)15(8-14)12-4-6-16(18)17(19)7-12/h3-9,11H,10H2,1-2H3. The van der Waals surface area contributed by atoms with Gasteiger partial charge in [-0.1, -0.05) is 31.5 Å². The van der Waals surface area contributed by atoms with Crippen LogP contribution in [0.4, 0.5) is 4.39 Å². The Kier molecular flexibility index (Phi) is 4.97. The van der Waals surface area contributed by atoms with E-state index < -0.39 is 5.82 Å². The minimum Gasteiger partial charge on any atom is -0.493 e. The summed E-state index contributed by atoms with van der Waals surface area (Å²) >= 11 is 5.69. The second kappa shape index (κ2) is 6.72. The van der Waals surface area contributed by atoms with E-state index in [1.165, 1.54) is 12.1 Å². The van der Waals surface area contributed by atoms with E-state index in [1.54, 1.807) is 24.3 Å². The molecule has 0 unspecified atom stereocenters. The molecule has 4 heteroatoms. The molecule has 0 atom stereocenters. The van der Waals surface area contributed by atoms with Crippen LogP contribution in [0, 0.1) is 11.7 Å². The largest absolute Gasteiger partial charge is 0.493 e. The van der Waals surface area contributed by atoms with Crippen molar-refractivity contribution >= 4 is 17.9 Å². The van der Waals surface area contributed by atoms with E-state index >= 15 is 0 Å². The molecule has 0 aliphatic carbocycles. The first-order valence-electron chi connectivity index (χ1n) is 6.68. The van der Waals surface area contributed by atoms with E-state index in [0.717, 1.165) is 6.29 Å². The van der Waals surface area contributed by atoms with Gasteiger partial charge in [-0.15, -0.1) is 0 Å². The van der Waals surface area contributed by atoms with Crippen LogP contribution in [0.5, 0.6) is 5.75 Å². The first-order chi connectivity index (χ1) is 10.0. The predicted molar refractivity (Wildman–Crippen MR) is 82.6 cm³/mol. The molecule has 0 aromatic heterocycles. The van der Waals surface area contributed by atoms with Gasteiger partial charge in [0.25, 0.3) is 0 Å². The lowest BCUT2D eigenvalue weighted by molar-refractivity contribution is 0.112. The van der Waals surface area contributed by atoms with Crippen molar-refractivity contribution < 1.29 is 13.9 Å². The van der Waals surface area contributed by atoms with E-state index in [2.05, 4.69) is 13.8 Å². The number of hydrogen-bond acceptors (Lipinski definition) is 2. The normalized spacial score (nSPS) is 10.7. The van der Waals surface area contributed by atoms with E-state index in [-0.39, 0.29) is 5.02 Å². The molecule has 0 bridgehead atoms. The molecule has 0 saturated heterocycles. The van der Waals surface area contributed by atoms with Crippen LogP contribution in [0.15, 0.2) is 36.4 Å². The van der Waals surface area contributed by atoms with Crippen LogP contribution in [0.2, 0.25) is 5.02 Å². The lowest BCUT2D eigenvalue weighted by atomic mass is 10.00. The summed E-state index contributed by atoms with van der Waals surface area (Å²) in [5.74, 6) is 0.534. The number of halogens is 2. The van der Waals surface area contributed by atoms with Gasteiger partial charge < -0.3 is 4.74 Å². The highest BCUT2D eigenvalue weighted by molar-refractivity contribution is 6.30. The lowest BCUT2D eigenvalue weighted by Gasteiger charge is -2.12. The maximum Gasteiger partial charge on any atom is 0.150 e. The molecule has 0 amide bonds. The maximum atomic E-state index is 13.6. The molecular formula is C17H16ClFO2. The fourth-order valence-corrected chi connectivity index (χ4v) is 2.02. The Morgan fingerprint density at radius 1 is 1.24 bits per heavy atom. The number of carbonyl (C=O) groups excluding carboxylic acids is 1. The smallest absolute Gasteiger partial charge is 0.150 e. The predicted octanol–water partition coefficient (Wildman–Crippen LogP) is 4.99. The van der Waals surface area contributed by atoms with E-state index in [4.69, 9.17) is 16.3 Å². The van der Waals surface area contributed by atoms with Crippen molar-refractivity contribution in [3.8, 4) is 16.9 Å². The molecule has 0 N–H and O–H groups in total. The van der Waals surface area contributed by atoms with Crippen LogP contribution in [-0.4, -0.2) is 12.9 Å². The first-order valence-corrected chi connectivity index (χ1v) is 7.06. The Morgan fingerprint density at radius 3 is 2.62 bits per heavy atom. The molecule has 0 radical (unpaired) electrons. The monoisotopic (exact) mass is 306 g/mol. The van der Waals surface area contributed by atoms with Crippen molar-refractivity contribution in [1.82, 2.24) is 0 Å². The van der Waals surface area contributed by atoms with Crippen LogP contribution in [0.1, 0.15) is 24.2 Å². The van der Waals surface area contributed by atoms with E-state index in [9.17, 15) is 9.18 Å². The van der Waals surface area contributed by atoms with Crippen LogP contribution in [0.25, 0.3) is 11.1 Å². The van der Waals surface area contributed by atoms with E-state index in [1.807, 2.05) is 0 Å². The summed E-state index contributed by atoms with van der Waals surface area (Å²) in [7, 11) is 0. The fraction of sp³-hybridized carbons (Fsp3) is 0.235. The van der Waals surface area contributed by atoms with Gasteiger partial charge in [0, 0.05) is 5.56 Å². The van der Waals surface area contributed by atoms with Crippen molar-refractivity contribution in [2.24, 2.45) is 5.92 Å². The van der Waals surface area contributed by atoms with Crippen LogP contribution in [0.3, 0.4) is 0 Å². The number of ether oxygens (including phenoxy) is 1. The molecule has 21 heavy (non-hydrogen) atoms. The lowest BCUT2D eigenvalue weighted by Crippen LogP contribution is -2.04. The Balaban J connectivity index is 2.41. The summed E-state index contributed by atoms with van der Waals surface area (Å²) in [6.45, 7) is 4.68. The number of hydrogen-bond donors (Lipinski definition) is 0. The van der Waals surface area contributed by atoms with Gasteiger partial charge in [0.05, 0.1) is 11.6 Å². The maximum absolute atomic E-state index is 13.6. The number of carbonyl (C=O) groups is 1. The van der Waals surface area contributed by atoms with Gasteiger partial charge in [0.1, 0.15) is 11.6 Å². The van der Waals surface area contributed by atoms with Gasteiger partial charge in [-0.3, -0.25) is 4.79 Å². The fourth-order valence-electron chi connectivity index (χ4n) is 1.90. The molecular weight excluding hydrogens is 291 g/mol. The molecule has 110 valence electrons. The Labute approximate surface area is 128 Å². The van der Waals surface area contributed by atoms with Crippen molar-refractivity contribution in [1.29, 1.82) is 0 Å². The molecule has 2 rings (SSSR count). The summed E-state index contributed by atoms with van der Waals surface area (Å²) in [5.41, 5.74) is 1.70. The molecule has 0 aliphatic rings. The zero-order chi connectivity index (χ0) is 15.4. The van der Waals surface area contributed by atoms with Crippen molar-refractivity contribution in [3.05, 3.63) is 52.8 Å². The topological polar surface area (TPSA) is 26.3 Å². The SMILES string of the molecule is CC(C)COc1ccc(C=O)c(-c2ccc(Cl)c(F)c2)c1. The minimum absolute atomic E-state index is 0.0543. The Morgan fingerprint density at radius 2 is 2.00 bits per heavy atom. The molecule has 2 aromatic carbocycles. The summed E-state index contributed by atoms with van der Waals surface area (Å²) in [5, 5.41) is 0.0543. The van der Waals surface area contributed by atoms with Gasteiger partial charge >= 0.3 is 0 Å². The highest BCUT2D eigenvalue weighted by Crippen LogP contribution is 2.29. The third kappa shape index (κ3) is 3.82. The average Bonchev–Trinajstić information content (AvgIpc) is 2.47. The van der Waals surface area contributed by atoms with Gasteiger partial charge in [-0.05, 0) is 47.4 Å². The summed E-state index contributed by atoms with van der Waals surface area (Å²) < 4.78 is 19.3. The molecule has 0 heterocycles. The number of aldehydes is 1. The molecule has 0 spiro atoms. The van der Waals surface area contributed by atoms with Crippen LogP contribution < -0.4 is 4.74 Å². The van der Waals surface area contributed by atoms with Crippen molar-refractivity contribution in [3.63, 3.8) is 0 Å². The quantitative estimate of drug-likeness (QED) is 0.727. The van der Waals surface area contributed by atoms with E-state index in [0.29, 0.717) is 35.0 Å². The number of rotatable bonds is 5. The van der Waals surface area contributed by atoms with Crippen LogP contribution >= 0.6 is 11.6 Å². The van der Waals surface area contributed by atoms with Crippen molar-refractivity contribution in [2.75, 3.05) is 6.61 Å². The Bertz CT molecular complexity index is 653. The molecule has 0 fully saturated rings. The zero-order valence-corrected chi connectivity index (χ0v) is 12.7. The van der Waals surface area contributed by atoms with Gasteiger partial charge in [-0.2, -0.15) is 0 Å².